The number of benzene rings is 1. The highest BCUT2D eigenvalue weighted by atomic mass is 19.4. The van der Waals surface area contributed by atoms with Crippen molar-refractivity contribution >= 4 is 11.6 Å². The molecule has 0 bridgehead atoms. The molecule has 0 atom stereocenters. The zero-order chi connectivity index (χ0) is 18.8. The molecule has 0 fully saturated rings. The molecular formula is C14H11F6N3O2. The Kier molecular flexibility index (Phi) is 5.24. The highest BCUT2D eigenvalue weighted by molar-refractivity contribution is 5.92. The zero-order valence-corrected chi connectivity index (χ0v) is 12.6. The SMILES string of the molecule is Cc1cc(C(F)(F)F)n(CC(=O)Nc2ccc(F)cc2OC(F)F)n1. The third-order valence-corrected chi connectivity index (χ3v) is 2.92. The van der Waals surface area contributed by atoms with Crippen molar-refractivity contribution in [1.82, 2.24) is 9.78 Å². The summed E-state index contributed by atoms with van der Waals surface area (Å²) in [4.78, 5) is 11.9. The minimum Gasteiger partial charge on any atom is -0.432 e. The van der Waals surface area contributed by atoms with E-state index in [2.05, 4.69) is 15.2 Å². The highest BCUT2D eigenvalue weighted by Gasteiger charge is 2.35. The largest absolute Gasteiger partial charge is 0.433 e. The van der Waals surface area contributed by atoms with Crippen LogP contribution in [-0.2, 0) is 17.5 Å². The maximum Gasteiger partial charge on any atom is 0.433 e. The maximum absolute atomic E-state index is 13.1. The number of nitrogens with zero attached hydrogens (tertiary/aromatic N) is 2. The fourth-order valence-corrected chi connectivity index (χ4v) is 2.01. The molecule has 136 valence electrons. The number of rotatable bonds is 5. The van der Waals surface area contributed by atoms with Crippen LogP contribution in [0.1, 0.15) is 11.4 Å². The fourth-order valence-electron chi connectivity index (χ4n) is 2.01. The molecule has 5 nitrogen and oxygen atoms in total. The predicted molar refractivity (Wildman–Crippen MR) is 73.6 cm³/mol. The molecule has 0 aliphatic heterocycles. The third kappa shape index (κ3) is 4.88. The summed E-state index contributed by atoms with van der Waals surface area (Å²) in [6.07, 6.45) is -4.72. The molecular weight excluding hydrogens is 356 g/mol. The average molecular weight is 367 g/mol. The van der Waals surface area contributed by atoms with Gasteiger partial charge in [0, 0.05) is 6.07 Å². The number of aromatic nitrogens is 2. The number of hydrogen-bond donors (Lipinski definition) is 1. The molecule has 1 amide bonds. The summed E-state index contributed by atoms with van der Waals surface area (Å²) in [7, 11) is 0. The normalized spacial score (nSPS) is 11.7. The van der Waals surface area contributed by atoms with Crippen molar-refractivity contribution in [2.45, 2.75) is 26.3 Å². The van der Waals surface area contributed by atoms with Crippen LogP contribution in [-0.4, -0.2) is 22.3 Å². The van der Waals surface area contributed by atoms with E-state index in [1.54, 1.807) is 0 Å². The van der Waals surface area contributed by atoms with Crippen molar-refractivity contribution < 1.29 is 35.9 Å². The van der Waals surface area contributed by atoms with Crippen LogP contribution in [0.4, 0.5) is 32.0 Å². The lowest BCUT2D eigenvalue weighted by atomic mass is 10.2. The Bertz CT molecular complexity index is 772. The van der Waals surface area contributed by atoms with Crippen LogP contribution in [0.2, 0.25) is 0 Å². The highest BCUT2D eigenvalue weighted by Crippen LogP contribution is 2.30. The number of alkyl halides is 5. The third-order valence-electron chi connectivity index (χ3n) is 2.92. The number of aryl methyl sites for hydroxylation is 1. The van der Waals surface area contributed by atoms with Crippen LogP contribution in [0.3, 0.4) is 0 Å². The summed E-state index contributed by atoms with van der Waals surface area (Å²) >= 11 is 0. The maximum atomic E-state index is 13.1. The molecule has 0 spiro atoms. The van der Waals surface area contributed by atoms with Gasteiger partial charge in [-0.1, -0.05) is 0 Å². The fraction of sp³-hybridized carbons (Fsp3) is 0.286. The van der Waals surface area contributed by atoms with Gasteiger partial charge in [-0.05, 0) is 25.1 Å². The molecule has 0 unspecified atom stereocenters. The number of nitrogens with one attached hydrogen (secondary N) is 1. The predicted octanol–water partition coefficient (Wildman–Crippen LogP) is 3.59. The van der Waals surface area contributed by atoms with Crippen molar-refractivity contribution in [2.24, 2.45) is 0 Å². The summed E-state index contributed by atoms with van der Waals surface area (Å²) in [6, 6.07) is 3.19. The van der Waals surface area contributed by atoms with Gasteiger partial charge in [0.1, 0.15) is 18.1 Å². The van der Waals surface area contributed by atoms with Gasteiger partial charge in [-0.15, -0.1) is 0 Å². The summed E-state index contributed by atoms with van der Waals surface area (Å²) < 4.78 is 80.8. The van der Waals surface area contributed by atoms with E-state index >= 15 is 0 Å². The van der Waals surface area contributed by atoms with Gasteiger partial charge in [0.25, 0.3) is 0 Å². The van der Waals surface area contributed by atoms with Crippen molar-refractivity contribution in [3.8, 4) is 5.75 Å². The van der Waals surface area contributed by atoms with Gasteiger partial charge in [0.2, 0.25) is 5.91 Å². The molecule has 2 rings (SSSR count). The average Bonchev–Trinajstić information content (AvgIpc) is 2.82. The number of halogens is 6. The molecule has 25 heavy (non-hydrogen) atoms. The van der Waals surface area contributed by atoms with Crippen LogP contribution in [0.5, 0.6) is 5.75 Å². The van der Waals surface area contributed by atoms with Gasteiger partial charge >= 0.3 is 12.8 Å². The molecule has 0 saturated heterocycles. The Morgan fingerprint density at radius 2 is 2.00 bits per heavy atom. The molecule has 11 heteroatoms. The summed E-state index contributed by atoms with van der Waals surface area (Å²) in [5.74, 6) is -2.54. The Morgan fingerprint density at radius 3 is 2.60 bits per heavy atom. The lowest BCUT2D eigenvalue weighted by Gasteiger charge is -2.13. The van der Waals surface area contributed by atoms with Crippen LogP contribution < -0.4 is 10.1 Å². The van der Waals surface area contributed by atoms with Crippen molar-refractivity contribution in [2.75, 3.05) is 5.32 Å². The number of carbonyl (C=O) groups excluding carboxylic acids is 1. The molecule has 1 aromatic heterocycles. The number of ether oxygens (including phenoxy) is 1. The Hall–Kier alpha value is -2.72. The van der Waals surface area contributed by atoms with Crippen LogP contribution in [0.15, 0.2) is 24.3 Å². The molecule has 2 aromatic rings. The molecule has 0 saturated carbocycles. The van der Waals surface area contributed by atoms with E-state index in [0.717, 1.165) is 18.2 Å². The van der Waals surface area contributed by atoms with Crippen LogP contribution in [0, 0.1) is 12.7 Å². The topological polar surface area (TPSA) is 56.2 Å². The number of anilines is 1. The number of carbonyl (C=O) groups is 1. The number of amides is 1. The Balaban J connectivity index is 2.19. The van der Waals surface area contributed by atoms with E-state index in [1.165, 1.54) is 6.92 Å². The smallest absolute Gasteiger partial charge is 0.432 e. The van der Waals surface area contributed by atoms with E-state index in [-0.39, 0.29) is 11.4 Å². The van der Waals surface area contributed by atoms with E-state index in [0.29, 0.717) is 10.7 Å². The van der Waals surface area contributed by atoms with Crippen molar-refractivity contribution in [3.05, 3.63) is 41.5 Å². The van der Waals surface area contributed by atoms with E-state index in [1.807, 2.05) is 0 Å². The molecule has 1 heterocycles. The van der Waals surface area contributed by atoms with Gasteiger partial charge in [-0.2, -0.15) is 27.1 Å². The minimum absolute atomic E-state index is 0.0450. The lowest BCUT2D eigenvalue weighted by Crippen LogP contribution is -2.24. The van der Waals surface area contributed by atoms with Gasteiger partial charge in [-0.25, -0.2) is 4.39 Å². The monoisotopic (exact) mass is 367 g/mol. The minimum atomic E-state index is -4.72. The zero-order valence-electron chi connectivity index (χ0n) is 12.6. The van der Waals surface area contributed by atoms with Gasteiger partial charge in [-0.3, -0.25) is 9.48 Å². The van der Waals surface area contributed by atoms with Gasteiger partial charge in [0.05, 0.1) is 11.4 Å². The van der Waals surface area contributed by atoms with Crippen molar-refractivity contribution in [3.63, 3.8) is 0 Å². The quantitative estimate of drug-likeness (QED) is 0.822. The second kappa shape index (κ2) is 7.03. The van der Waals surface area contributed by atoms with E-state index < -0.39 is 42.5 Å². The van der Waals surface area contributed by atoms with E-state index in [9.17, 15) is 31.1 Å². The first kappa shape index (κ1) is 18.6. The summed E-state index contributed by atoms with van der Waals surface area (Å²) in [6.45, 7) is -2.78. The lowest BCUT2D eigenvalue weighted by molar-refractivity contribution is -0.144. The molecule has 1 aromatic carbocycles. The first-order valence-electron chi connectivity index (χ1n) is 6.72. The second-order valence-electron chi connectivity index (χ2n) is 4.89. The summed E-state index contributed by atoms with van der Waals surface area (Å²) in [5, 5.41) is 5.66. The van der Waals surface area contributed by atoms with Gasteiger partial charge < -0.3 is 10.1 Å². The standard InChI is InChI=1S/C14H11F6N3O2/c1-7-4-11(14(18,19)20)23(22-7)6-12(24)21-9-3-2-8(15)5-10(9)25-13(16)17/h2-5,13H,6H2,1H3,(H,21,24). The Morgan fingerprint density at radius 1 is 1.32 bits per heavy atom. The van der Waals surface area contributed by atoms with Gasteiger partial charge in [0.15, 0.2) is 5.75 Å². The second-order valence-corrected chi connectivity index (χ2v) is 4.89. The first-order chi connectivity index (χ1) is 11.6. The van der Waals surface area contributed by atoms with Crippen molar-refractivity contribution in [1.29, 1.82) is 0 Å². The molecule has 0 radical (unpaired) electrons. The molecule has 0 aliphatic carbocycles. The molecule has 0 aliphatic rings. The molecule has 1 N–H and O–H groups in total. The summed E-state index contributed by atoms with van der Waals surface area (Å²) in [5.41, 5.74) is -1.41. The van der Waals surface area contributed by atoms with E-state index in [4.69, 9.17) is 0 Å². The van der Waals surface area contributed by atoms with Crippen LogP contribution >= 0.6 is 0 Å². The Labute approximate surface area is 137 Å². The first-order valence-corrected chi connectivity index (χ1v) is 6.72. The van der Waals surface area contributed by atoms with Crippen LogP contribution in [0.25, 0.3) is 0 Å². The number of hydrogen-bond acceptors (Lipinski definition) is 3.